The van der Waals surface area contributed by atoms with Gasteiger partial charge in [0, 0.05) is 40.7 Å². The van der Waals surface area contributed by atoms with Crippen LogP contribution in [0.2, 0.25) is 0 Å². The summed E-state index contributed by atoms with van der Waals surface area (Å²) < 4.78 is 5.39. The van der Waals surface area contributed by atoms with Crippen molar-refractivity contribution >= 4 is 16.7 Å². The number of hydrogen-bond acceptors (Lipinski definition) is 6. The first-order chi connectivity index (χ1) is 13.1. The second kappa shape index (κ2) is 5.69. The van der Waals surface area contributed by atoms with E-state index < -0.39 is 0 Å². The van der Waals surface area contributed by atoms with Crippen LogP contribution < -0.4 is 10.5 Å². The van der Waals surface area contributed by atoms with E-state index in [4.69, 9.17) is 10.5 Å². The molecule has 3 aromatic rings. The van der Waals surface area contributed by atoms with E-state index in [0.717, 1.165) is 58.4 Å². The highest BCUT2D eigenvalue weighted by molar-refractivity contribution is 5.97. The van der Waals surface area contributed by atoms with E-state index in [2.05, 4.69) is 33.2 Å². The first-order valence-corrected chi connectivity index (χ1v) is 9.09. The molecule has 0 saturated carbocycles. The molecule has 1 aromatic carbocycles. The van der Waals surface area contributed by atoms with Gasteiger partial charge in [-0.1, -0.05) is 0 Å². The van der Waals surface area contributed by atoms with Crippen molar-refractivity contribution in [3.05, 3.63) is 35.0 Å². The second-order valence-electron chi connectivity index (χ2n) is 7.32. The number of nitriles is 1. The van der Waals surface area contributed by atoms with E-state index in [0.29, 0.717) is 11.6 Å². The molecule has 2 aliphatic rings. The highest BCUT2D eigenvalue weighted by Gasteiger charge is 2.41. The molecule has 0 spiro atoms. The minimum atomic E-state index is 0.242. The van der Waals surface area contributed by atoms with Crippen molar-refractivity contribution in [2.45, 2.75) is 31.3 Å². The largest absolute Gasteiger partial charge is 0.497 e. The Morgan fingerprint density at radius 1 is 1.37 bits per heavy atom. The third kappa shape index (κ3) is 2.17. The fourth-order valence-corrected chi connectivity index (χ4v) is 4.68. The van der Waals surface area contributed by atoms with Gasteiger partial charge < -0.3 is 10.5 Å². The van der Waals surface area contributed by atoms with E-state index >= 15 is 0 Å². The molecule has 2 bridgehead atoms. The lowest BCUT2D eigenvalue weighted by atomic mass is 9.88. The zero-order valence-corrected chi connectivity index (χ0v) is 15.3. The van der Waals surface area contributed by atoms with Crippen LogP contribution in [-0.2, 0) is 6.42 Å². The quantitative estimate of drug-likeness (QED) is 0.728. The molecule has 2 atom stereocenters. The summed E-state index contributed by atoms with van der Waals surface area (Å²) >= 11 is 0. The number of benzene rings is 1. The van der Waals surface area contributed by atoms with Crippen LogP contribution in [0.5, 0.6) is 5.75 Å². The predicted molar refractivity (Wildman–Crippen MR) is 102 cm³/mol. The molecule has 2 aliphatic heterocycles. The lowest BCUT2D eigenvalue weighted by molar-refractivity contribution is 0.222. The summed E-state index contributed by atoms with van der Waals surface area (Å²) in [6.07, 6.45) is 3.05. The molecule has 136 valence electrons. The maximum atomic E-state index is 9.86. The number of methoxy groups -OCH3 is 1. The first kappa shape index (κ1) is 16.1. The Labute approximate surface area is 156 Å². The maximum absolute atomic E-state index is 9.86. The van der Waals surface area contributed by atoms with Crippen LogP contribution in [0.3, 0.4) is 0 Å². The van der Waals surface area contributed by atoms with Gasteiger partial charge in [-0.2, -0.15) is 10.4 Å². The number of nitrogens with zero attached hydrogens (tertiary/aromatic N) is 4. The summed E-state index contributed by atoms with van der Waals surface area (Å²) in [5.41, 5.74) is 11.2. The number of nitrogens with one attached hydrogen (secondary N) is 1. The zero-order chi connectivity index (χ0) is 18.7. The summed E-state index contributed by atoms with van der Waals surface area (Å²) in [6.45, 7) is 0. The third-order valence-electron chi connectivity index (χ3n) is 6.06. The van der Waals surface area contributed by atoms with E-state index in [9.17, 15) is 5.26 Å². The van der Waals surface area contributed by atoms with Gasteiger partial charge in [-0.25, -0.2) is 4.98 Å². The number of pyridine rings is 1. The number of aromatic amines is 1. The van der Waals surface area contributed by atoms with Crippen LogP contribution in [0.15, 0.2) is 18.2 Å². The lowest BCUT2D eigenvalue weighted by Crippen LogP contribution is -2.35. The molecular formula is C20H20N6O. The molecule has 1 fully saturated rings. The molecule has 0 amide bonds. The van der Waals surface area contributed by atoms with Gasteiger partial charge in [-0.05, 0) is 38.1 Å². The smallest absolute Gasteiger partial charge is 0.142 e. The minimum Gasteiger partial charge on any atom is -0.497 e. The van der Waals surface area contributed by atoms with Crippen molar-refractivity contribution in [3.8, 4) is 23.1 Å². The normalized spacial score (nSPS) is 21.2. The first-order valence-electron chi connectivity index (χ1n) is 9.09. The van der Waals surface area contributed by atoms with Crippen molar-refractivity contribution in [3.63, 3.8) is 0 Å². The van der Waals surface area contributed by atoms with Crippen molar-refractivity contribution in [2.75, 3.05) is 19.9 Å². The zero-order valence-electron chi connectivity index (χ0n) is 15.3. The van der Waals surface area contributed by atoms with Gasteiger partial charge in [0.25, 0.3) is 0 Å². The van der Waals surface area contributed by atoms with Crippen LogP contribution >= 0.6 is 0 Å². The van der Waals surface area contributed by atoms with Gasteiger partial charge >= 0.3 is 0 Å². The highest BCUT2D eigenvalue weighted by atomic mass is 16.5. The van der Waals surface area contributed by atoms with Gasteiger partial charge in [0.2, 0.25) is 0 Å². The van der Waals surface area contributed by atoms with Crippen molar-refractivity contribution in [1.82, 2.24) is 20.1 Å². The van der Waals surface area contributed by atoms with Gasteiger partial charge in [-0.15, -0.1) is 0 Å². The van der Waals surface area contributed by atoms with Gasteiger partial charge in [-0.3, -0.25) is 10.00 Å². The molecule has 7 nitrogen and oxygen atoms in total. The number of nitrogen functional groups attached to an aromatic ring is 1. The molecule has 2 aromatic heterocycles. The topological polar surface area (TPSA) is 104 Å². The average Bonchev–Trinajstić information content (AvgIpc) is 3.18. The number of H-pyrrole nitrogens is 1. The molecule has 0 unspecified atom stereocenters. The summed E-state index contributed by atoms with van der Waals surface area (Å²) in [5.74, 6) is 1.03. The Bertz CT molecular complexity index is 1110. The van der Waals surface area contributed by atoms with Crippen LogP contribution in [0.25, 0.3) is 22.2 Å². The van der Waals surface area contributed by atoms with Gasteiger partial charge in [0.15, 0.2) is 0 Å². The highest BCUT2D eigenvalue weighted by Crippen LogP contribution is 2.48. The Hall–Kier alpha value is -3.11. The summed E-state index contributed by atoms with van der Waals surface area (Å²) in [4.78, 5) is 7.01. The summed E-state index contributed by atoms with van der Waals surface area (Å²) in [6, 6.07) is 8.78. The summed E-state index contributed by atoms with van der Waals surface area (Å²) in [7, 11) is 3.80. The van der Waals surface area contributed by atoms with E-state index in [1.165, 1.54) is 0 Å². The predicted octanol–water partition coefficient (Wildman–Crippen LogP) is 2.78. The van der Waals surface area contributed by atoms with Crippen molar-refractivity contribution in [2.24, 2.45) is 0 Å². The monoisotopic (exact) mass is 360 g/mol. The number of hydrogen-bond donors (Lipinski definition) is 2. The van der Waals surface area contributed by atoms with E-state index in [1.54, 1.807) is 7.11 Å². The Balaban J connectivity index is 1.85. The van der Waals surface area contributed by atoms with Crippen LogP contribution in [-0.4, -0.2) is 40.3 Å². The van der Waals surface area contributed by atoms with Crippen molar-refractivity contribution in [1.29, 1.82) is 5.26 Å². The summed E-state index contributed by atoms with van der Waals surface area (Å²) in [5, 5.41) is 18.4. The average molecular weight is 360 g/mol. The lowest BCUT2D eigenvalue weighted by Gasteiger charge is -2.34. The molecule has 1 saturated heterocycles. The number of fused-ring (bicyclic) bond motifs is 5. The molecular weight excluding hydrogens is 340 g/mol. The number of anilines is 1. The molecule has 3 N–H and O–H groups in total. The fraction of sp³-hybridized carbons (Fsp3) is 0.350. The number of likely N-dealkylation sites (N-methyl/N-ethyl adjacent to an activating group) is 1. The number of nitrogens with two attached hydrogens (primary N) is 1. The van der Waals surface area contributed by atoms with Crippen LogP contribution in [0.1, 0.15) is 35.7 Å². The fourth-order valence-electron chi connectivity index (χ4n) is 4.68. The van der Waals surface area contributed by atoms with Gasteiger partial charge in [0.1, 0.15) is 28.9 Å². The maximum Gasteiger partial charge on any atom is 0.142 e. The third-order valence-corrected chi connectivity index (χ3v) is 6.06. The Morgan fingerprint density at radius 3 is 3.00 bits per heavy atom. The van der Waals surface area contributed by atoms with Gasteiger partial charge in [0.05, 0.1) is 12.6 Å². The molecule has 27 heavy (non-hydrogen) atoms. The SMILES string of the molecule is COc1ccc2[nH]nc(-c3c(C#N)c(N)nc4c3[C@H]3CC[C@@H](C4)N3C)c2c1. The van der Waals surface area contributed by atoms with E-state index in [1.807, 2.05) is 18.2 Å². The molecule has 0 aliphatic carbocycles. The standard InChI is InChI=1S/C20H20N6O/c1-26-10-3-6-16(26)18-15(7-10)23-20(22)13(9-21)17(18)19-12-8-11(27-2)4-5-14(12)24-25-19/h4-5,8,10,16H,3,6-7H2,1-2H3,(H2,22,23)(H,24,25)/t10-,16+/m0/s1. The number of ether oxygens (including phenoxy) is 1. The van der Waals surface area contributed by atoms with Crippen molar-refractivity contribution < 1.29 is 4.74 Å². The van der Waals surface area contributed by atoms with Crippen LogP contribution in [0.4, 0.5) is 5.82 Å². The number of rotatable bonds is 2. The second-order valence-corrected chi connectivity index (χ2v) is 7.32. The number of aromatic nitrogens is 3. The molecule has 7 heteroatoms. The Kier molecular flexibility index (Phi) is 3.39. The van der Waals surface area contributed by atoms with E-state index in [-0.39, 0.29) is 11.9 Å². The molecule has 0 radical (unpaired) electrons. The van der Waals surface area contributed by atoms with Crippen LogP contribution in [0, 0.1) is 11.3 Å². The minimum absolute atomic E-state index is 0.242. The molecule has 5 rings (SSSR count). The molecule has 4 heterocycles. The Morgan fingerprint density at radius 2 is 2.22 bits per heavy atom.